The normalized spacial score (nSPS) is 28.2. The molecule has 0 radical (unpaired) electrons. The first kappa shape index (κ1) is 24.8. The van der Waals surface area contributed by atoms with E-state index >= 15 is 4.39 Å². The molecule has 2 aromatic heterocycles. The number of nitrogens with zero attached hydrogens (tertiary/aromatic N) is 5. The predicted octanol–water partition coefficient (Wildman–Crippen LogP) is 4.30. The summed E-state index contributed by atoms with van der Waals surface area (Å²) in [6, 6.07) is 7.02. The van der Waals surface area contributed by atoms with Crippen molar-refractivity contribution in [2.75, 3.05) is 19.1 Å². The summed E-state index contributed by atoms with van der Waals surface area (Å²) in [7, 11) is 3.08. The monoisotopic (exact) mass is 520 g/mol. The van der Waals surface area contributed by atoms with E-state index in [1.807, 2.05) is 13.0 Å². The standard InChI is InChI=1S/C28H33FN6O3/c1-27-9-10-28(2,34-27)24(29)21(13-27)35(18-6-7-18)26-31-15-20(32-33-26)19-8-5-16(11-22(19)36)17-12-23(37-3)25(38-4)30-14-17/h5,8,11-12,14-15,18,21,24,34,36H,6-7,9-10,13H2,1-4H3/t21-,24-,27-,28+/m1/s1. The number of halogens is 1. The van der Waals surface area contributed by atoms with Gasteiger partial charge in [-0.15, -0.1) is 10.2 Å². The summed E-state index contributed by atoms with van der Waals surface area (Å²) in [6.45, 7) is 4.18. The lowest BCUT2D eigenvalue weighted by Gasteiger charge is -2.48. The van der Waals surface area contributed by atoms with E-state index in [1.54, 1.807) is 37.7 Å². The van der Waals surface area contributed by atoms with Crippen molar-refractivity contribution in [2.45, 2.75) is 75.3 Å². The Morgan fingerprint density at radius 2 is 1.84 bits per heavy atom. The van der Waals surface area contributed by atoms with Crippen LogP contribution >= 0.6 is 0 Å². The van der Waals surface area contributed by atoms with Crippen LogP contribution in [0.15, 0.2) is 36.7 Å². The Hall–Kier alpha value is -3.53. The molecule has 1 aromatic carbocycles. The van der Waals surface area contributed by atoms with Crippen molar-refractivity contribution in [2.24, 2.45) is 0 Å². The summed E-state index contributed by atoms with van der Waals surface area (Å²) in [5.41, 5.74) is 1.86. The number of anilines is 1. The maximum Gasteiger partial charge on any atom is 0.256 e. The lowest BCUT2D eigenvalue weighted by atomic mass is 9.82. The number of rotatable bonds is 7. The largest absolute Gasteiger partial charge is 0.507 e. The van der Waals surface area contributed by atoms with Gasteiger partial charge in [0.05, 0.1) is 26.5 Å². The molecular formula is C28H33FN6O3. The van der Waals surface area contributed by atoms with Gasteiger partial charge in [0.1, 0.15) is 17.6 Å². The zero-order valence-electron chi connectivity index (χ0n) is 22.1. The molecule has 38 heavy (non-hydrogen) atoms. The van der Waals surface area contributed by atoms with E-state index in [-0.39, 0.29) is 23.4 Å². The number of benzene rings is 1. The molecule has 1 aliphatic carbocycles. The van der Waals surface area contributed by atoms with E-state index < -0.39 is 11.7 Å². The van der Waals surface area contributed by atoms with Crippen LogP contribution in [0.2, 0.25) is 0 Å². The van der Waals surface area contributed by atoms with Crippen LogP contribution < -0.4 is 19.7 Å². The Morgan fingerprint density at radius 1 is 1.03 bits per heavy atom. The second-order valence-corrected chi connectivity index (χ2v) is 11.2. The Kier molecular flexibility index (Phi) is 5.90. The first-order valence-electron chi connectivity index (χ1n) is 13.1. The second kappa shape index (κ2) is 9.04. The highest BCUT2D eigenvalue weighted by molar-refractivity contribution is 5.74. The highest BCUT2D eigenvalue weighted by Gasteiger charge is 2.58. The van der Waals surface area contributed by atoms with Crippen LogP contribution in [0.25, 0.3) is 22.4 Å². The quantitative estimate of drug-likeness (QED) is 0.472. The topological polar surface area (TPSA) is 106 Å². The molecule has 0 amide bonds. The third-order valence-corrected chi connectivity index (χ3v) is 8.31. The van der Waals surface area contributed by atoms with Crippen LogP contribution in [0, 0.1) is 0 Å². The number of pyridine rings is 1. The molecule has 1 saturated carbocycles. The maximum absolute atomic E-state index is 15.9. The third-order valence-electron chi connectivity index (χ3n) is 8.31. The summed E-state index contributed by atoms with van der Waals surface area (Å²) < 4.78 is 26.4. The average molecular weight is 521 g/mol. The minimum atomic E-state index is -1.02. The minimum Gasteiger partial charge on any atom is -0.507 e. The number of hydrogen-bond donors (Lipinski definition) is 2. The molecule has 200 valence electrons. The zero-order chi connectivity index (χ0) is 26.7. The molecule has 6 rings (SSSR count). The molecule has 2 aliphatic heterocycles. The lowest BCUT2D eigenvalue weighted by Crippen LogP contribution is -2.66. The summed E-state index contributed by atoms with van der Waals surface area (Å²) in [6.07, 6.45) is 6.74. The fourth-order valence-electron chi connectivity index (χ4n) is 6.20. The van der Waals surface area contributed by atoms with Crippen LogP contribution in [0.4, 0.5) is 10.3 Å². The Morgan fingerprint density at radius 3 is 2.50 bits per heavy atom. The van der Waals surface area contributed by atoms with Crippen LogP contribution in [-0.4, -0.2) is 68.8 Å². The maximum atomic E-state index is 15.9. The minimum absolute atomic E-state index is 0.0415. The molecule has 9 nitrogen and oxygen atoms in total. The van der Waals surface area contributed by atoms with Gasteiger partial charge in [-0.05, 0) is 69.7 Å². The van der Waals surface area contributed by atoms with Crippen molar-refractivity contribution >= 4 is 5.95 Å². The lowest BCUT2D eigenvalue weighted by molar-refractivity contribution is 0.0828. The van der Waals surface area contributed by atoms with Gasteiger partial charge in [-0.3, -0.25) is 0 Å². The fourth-order valence-corrected chi connectivity index (χ4v) is 6.20. The molecule has 4 heterocycles. The number of nitrogens with one attached hydrogen (secondary N) is 1. The van der Waals surface area contributed by atoms with Crippen LogP contribution in [0.1, 0.15) is 46.0 Å². The summed E-state index contributed by atoms with van der Waals surface area (Å²) in [4.78, 5) is 11.0. The first-order chi connectivity index (χ1) is 18.2. The van der Waals surface area contributed by atoms with E-state index in [2.05, 4.69) is 37.3 Å². The zero-order valence-corrected chi connectivity index (χ0v) is 22.1. The molecule has 0 unspecified atom stereocenters. The summed E-state index contributed by atoms with van der Waals surface area (Å²) in [5.74, 6) is 1.38. The van der Waals surface area contributed by atoms with Crippen molar-refractivity contribution in [3.63, 3.8) is 0 Å². The number of aromatic hydroxyl groups is 1. The van der Waals surface area contributed by atoms with E-state index in [9.17, 15) is 5.11 Å². The van der Waals surface area contributed by atoms with Gasteiger partial charge >= 0.3 is 0 Å². The van der Waals surface area contributed by atoms with Crippen molar-refractivity contribution in [1.82, 2.24) is 25.5 Å². The molecule has 3 aliphatic rings. The molecule has 2 N–H and O–H groups in total. The van der Waals surface area contributed by atoms with Crippen molar-refractivity contribution in [3.8, 4) is 39.8 Å². The van der Waals surface area contributed by atoms with Gasteiger partial charge in [-0.2, -0.15) is 0 Å². The van der Waals surface area contributed by atoms with E-state index in [1.165, 1.54) is 7.11 Å². The van der Waals surface area contributed by atoms with Gasteiger partial charge in [0.2, 0.25) is 5.95 Å². The third kappa shape index (κ3) is 4.20. The fraction of sp³-hybridized carbons (Fsp3) is 0.500. The summed E-state index contributed by atoms with van der Waals surface area (Å²) >= 11 is 0. The number of fused-ring (bicyclic) bond motifs is 2. The van der Waals surface area contributed by atoms with Crippen molar-refractivity contribution in [1.29, 1.82) is 0 Å². The van der Waals surface area contributed by atoms with Gasteiger partial charge in [-0.1, -0.05) is 6.07 Å². The molecule has 3 aromatic rings. The number of phenols is 1. The number of aromatic nitrogens is 4. The number of ether oxygens (including phenoxy) is 2. The number of hydrogen-bond acceptors (Lipinski definition) is 9. The van der Waals surface area contributed by atoms with Crippen LogP contribution in [0.5, 0.6) is 17.4 Å². The van der Waals surface area contributed by atoms with Crippen LogP contribution in [-0.2, 0) is 0 Å². The second-order valence-electron chi connectivity index (χ2n) is 11.2. The molecule has 4 atom stereocenters. The van der Waals surface area contributed by atoms with Gasteiger partial charge < -0.3 is 24.8 Å². The SMILES string of the molecule is COc1cc(-c2ccc(-c3cnc(N(C4CC4)[C@@H]4C[C@@]5(C)CC[C@](C)(N5)[C@@H]4F)nn3)c(O)c2)cnc1OC. The highest BCUT2D eigenvalue weighted by atomic mass is 19.1. The number of piperidine rings is 1. The molecule has 0 spiro atoms. The van der Waals surface area contributed by atoms with Crippen molar-refractivity contribution < 1.29 is 19.0 Å². The number of alkyl halides is 1. The molecule has 2 bridgehead atoms. The molecule has 2 saturated heterocycles. The molecule has 10 heteroatoms. The Balaban J connectivity index is 1.26. The van der Waals surface area contributed by atoms with Crippen LogP contribution in [0.3, 0.4) is 0 Å². The van der Waals surface area contributed by atoms with Gasteiger partial charge in [0.25, 0.3) is 5.88 Å². The van der Waals surface area contributed by atoms with E-state index in [0.717, 1.165) is 36.8 Å². The van der Waals surface area contributed by atoms with E-state index in [4.69, 9.17) is 9.47 Å². The summed E-state index contributed by atoms with van der Waals surface area (Å²) in [5, 5.41) is 23.2. The highest BCUT2D eigenvalue weighted by Crippen LogP contribution is 2.47. The molecular weight excluding hydrogens is 487 g/mol. The first-order valence-corrected chi connectivity index (χ1v) is 13.1. The smallest absolute Gasteiger partial charge is 0.256 e. The van der Waals surface area contributed by atoms with Gasteiger partial charge in [0, 0.05) is 34.4 Å². The molecule has 3 fully saturated rings. The predicted molar refractivity (Wildman–Crippen MR) is 141 cm³/mol. The Bertz CT molecular complexity index is 1350. The average Bonchev–Trinajstić information content (AvgIpc) is 3.71. The van der Waals surface area contributed by atoms with Gasteiger partial charge in [-0.25, -0.2) is 14.4 Å². The Labute approximate surface area is 221 Å². The van der Waals surface area contributed by atoms with Crippen molar-refractivity contribution in [3.05, 3.63) is 36.7 Å². The number of methoxy groups -OCH3 is 2. The van der Waals surface area contributed by atoms with E-state index in [0.29, 0.717) is 35.3 Å². The number of phenolic OH excluding ortho intramolecular Hbond substituents is 1. The van der Waals surface area contributed by atoms with Gasteiger partial charge in [0.15, 0.2) is 5.75 Å².